The van der Waals surface area contributed by atoms with Crippen molar-refractivity contribution in [2.45, 2.75) is 19.3 Å². The molecular formula is C22H25N3O3. The largest absolute Gasteiger partial charge is 0.497 e. The number of hydrogen-bond donors (Lipinski definition) is 2. The van der Waals surface area contributed by atoms with Gasteiger partial charge in [-0.1, -0.05) is 6.07 Å². The topological polar surface area (TPSA) is 70.7 Å². The fourth-order valence-electron chi connectivity index (χ4n) is 3.68. The summed E-state index contributed by atoms with van der Waals surface area (Å²) in [6.45, 7) is 2.19. The second kappa shape index (κ2) is 7.92. The van der Waals surface area contributed by atoms with Crippen molar-refractivity contribution in [1.82, 2.24) is 0 Å². The van der Waals surface area contributed by atoms with Crippen LogP contribution < -0.4 is 20.3 Å². The van der Waals surface area contributed by atoms with Crippen molar-refractivity contribution in [2.75, 3.05) is 35.7 Å². The van der Waals surface area contributed by atoms with E-state index < -0.39 is 0 Å². The van der Waals surface area contributed by atoms with E-state index >= 15 is 0 Å². The maximum Gasteiger partial charge on any atom is 0.228 e. The molecule has 2 aromatic rings. The number of rotatable bonds is 6. The molecule has 1 saturated carbocycles. The number of ether oxygens (including phenoxy) is 1. The minimum absolute atomic E-state index is 0.0975. The van der Waals surface area contributed by atoms with Crippen LogP contribution in [-0.2, 0) is 9.59 Å². The first kappa shape index (κ1) is 18.3. The van der Waals surface area contributed by atoms with E-state index in [0.717, 1.165) is 18.8 Å². The molecular weight excluding hydrogens is 354 g/mol. The number of amides is 2. The van der Waals surface area contributed by atoms with Gasteiger partial charge in [0.15, 0.2) is 0 Å². The van der Waals surface area contributed by atoms with Crippen molar-refractivity contribution in [3.63, 3.8) is 0 Å². The molecule has 0 radical (unpaired) electrons. The van der Waals surface area contributed by atoms with Crippen molar-refractivity contribution >= 4 is 28.9 Å². The number of carbonyl (C=O) groups is 2. The summed E-state index contributed by atoms with van der Waals surface area (Å²) in [4.78, 5) is 27.2. The molecule has 0 bridgehead atoms. The molecule has 0 aromatic heterocycles. The minimum atomic E-state index is -0.282. The van der Waals surface area contributed by atoms with Crippen LogP contribution in [0.3, 0.4) is 0 Å². The van der Waals surface area contributed by atoms with E-state index in [1.165, 1.54) is 18.5 Å². The third-order valence-electron chi connectivity index (χ3n) is 5.41. The average molecular weight is 379 g/mol. The third-order valence-corrected chi connectivity index (χ3v) is 5.41. The lowest BCUT2D eigenvalue weighted by molar-refractivity contribution is -0.122. The molecule has 1 aliphatic carbocycles. The normalized spacial score (nSPS) is 20.5. The molecule has 6 heteroatoms. The van der Waals surface area contributed by atoms with Gasteiger partial charge >= 0.3 is 0 Å². The van der Waals surface area contributed by atoms with Gasteiger partial charge in [0.25, 0.3) is 0 Å². The van der Waals surface area contributed by atoms with Gasteiger partial charge in [0, 0.05) is 36.2 Å². The quantitative estimate of drug-likeness (QED) is 0.806. The molecule has 146 valence electrons. The average Bonchev–Trinajstić information content (AvgIpc) is 3.35. The number of carbonyl (C=O) groups excluding carboxylic acids is 2. The molecule has 1 aliphatic heterocycles. The van der Waals surface area contributed by atoms with Crippen LogP contribution in [0.1, 0.15) is 19.3 Å². The van der Waals surface area contributed by atoms with Gasteiger partial charge in [0.1, 0.15) is 5.75 Å². The van der Waals surface area contributed by atoms with Gasteiger partial charge in [-0.25, -0.2) is 0 Å². The summed E-state index contributed by atoms with van der Waals surface area (Å²) in [5.41, 5.74) is 2.64. The lowest BCUT2D eigenvalue weighted by Crippen LogP contribution is -2.21. The van der Waals surface area contributed by atoms with Crippen LogP contribution >= 0.6 is 0 Å². The minimum Gasteiger partial charge on any atom is -0.497 e. The highest BCUT2D eigenvalue weighted by Crippen LogP contribution is 2.40. The number of nitrogens with zero attached hydrogens (tertiary/aromatic N) is 1. The van der Waals surface area contributed by atoms with E-state index in [1.807, 2.05) is 36.4 Å². The lowest BCUT2D eigenvalue weighted by Gasteiger charge is -2.17. The van der Waals surface area contributed by atoms with Gasteiger partial charge in [0.2, 0.25) is 11.8 Å². The van der Waals surface area contributed by atoms with Crippen LogP contribution in [0, 0.1) is 11.8 Å². The SMILES string of the molecule is COc1cccc(NC(=O)C2CC2C(=O)Nc2ccc(N3CCCC3)cc2)c1. The Hall–Kier alpha value is -3.02. The van der Waals surface area contributed by atoms with Gasteiger partial charge in [-0.05, 0) is 55.7 Å². The molecule has 2 atom stereocenters. The Labute approximate surface area is 164 Å². The Morgan fingerprint density at radius 2 is 1.57 bits per heavy atom. The number of nitrogens with one attached hydrogen (secondary N) is 2. The van der Waals surface area contributed by atoms with E-state index in [0.29, 0.717) is 17.9 Å². The summed E-state index contributed by atoms with van der Waals surface area (Å²) in [7, 11) is 1.58. The van der Waals surface area contributed by atoms with E-state index in [2.05, 4.69) is 15.5 Å². The Bertz CT molecular complexity index is 860. The molecule has 0 spiro atoms. The third kappa shape index (κ3) is 4.11. The smallest absolute Gasteiger partial charge is 0.228 e. The zero-order chi connectivity index (χ0) is 19.5. The first-order valence-corrected chi connectivity index (χ1v) is 9.75. The summed E-state index contributed by atoms with van der Waals surface area (Å²) in [6, 6.07) is 15.1. The number of anilines is 3. The Morgan fingerprint density at radius 1 is 0.929 bits per heavy atom. The molecule has 2 aromatic carbocycles. The summed E-state index contributed by atoms with van der Waals surface area (Å²) >= 11 is 0. The van der Waals surface area contributed by atoms with Crippen LogP contribution in [0.15, 0.2) is 48.5 Å². The first-order valence-electron chi connectivity index (χ1n) is 9.75. The fraction of sp³-hybridized carbons (Fsp3) is 0.364. The van der Waals surface area contributed by atoms with Gasteiger partial charge in [-0.15, -0.1) is 0 Å². The molecule has 1 saturated heterocycles. The van der Waals surface area contributed by atoms with Crippen molar-refractivity contribution in [3.05, 3.63) is 48.5 Å². The second-order valence-corrected chi connectivity index (χ2v) is 7.40. The predicted molar refractivity (Wildman–Crippen MR) is 110 cm³/mol. The van der Waals surface area contributed by atoms with Gasteiger partial charge in [-0.2, -0.15) is 0 Å². The Balaban J connectivity index is 1.29. The van der Waals surface area contributed by atoms with Crippen molar-refractivity contribution in [1.29, 1.82) is 0 Å². The maximum atomic E-state index is 12.5. The van der Waals surface area contributed by atoms with Gasteiger partial charge in [-0.3, -0.25) is 9.59 Å². The Kier molecular flexibility index (Phi) is 5.19. The van der Waals surface area contributed by atoms with Gasteiger partial charge in [0.05, 0.1) is 18.9 Å². The number of benzene rings is 2. The summed E-state index contributed by atoms with van der Waals surface area (Å²) in [5, 5.41) is 5.79. The Morgan fingerprint density at radius 3 is 2.21 bits per heavy atom. The molecule has 1 heterocycles. The first-order chi connectivity index (χ1) is 13.6. The molecule has 2 amide bonds. The van der Waals surface area contributed by atoms with Crippen LogP contribution in [-0.4, -0.2) is 32.0 Å². The summed E-state index contributed by atoms with van der Waals surface area (Å²) in [6.07, 6.45) is 3.05. The monoisotopic (exact) mass is 379 g/mol. The van der Waals surface area contributed by atoms with Crippen molar-refractivity contribution in [2.24, 2.45) is 11.8 Å². The highest BCUT2D eigenvalue weighted by molar-refractivity contribution is 6.03. The van der Waals surface area contributed by atoms with E-state index in [-0.39, 0.29) is 23.7 Å². The zero-order valence-corrected chi connectivity index (χ0v) is 16.0. The van der Waals surface area contributed by atoms with Crippen LogP contribution in [0.4, 0.5) is 17.1 Å². The zero-order valence-electron chi connectivity index (χ0n) is 16.0. The number of methoxy groups -OCH3 is 1. The lowest BCUT2D eigenvalue weighted by atomic mass is 10.2. The molecule has 2 aliphatic rings. The van der Waals surface area contributed by atoms with Crippen LogP contribution in [0.2, 0.25) is 0 Å². The highest BCUT2D eigenvalue weighted by Gasteiger charge is 2.48. The van der Waals surface area contributed by atoms with E-state index in [1.54, 1.807) is 19.2 Å². The maximum absolute atomic E-state index is 12.5. The molecule has 2 fully saturated rings. The number of hydrogen-bond acceptors (Lipinski definition) is 4. The fourth-order valence-corrected chi connectivity index (χ4v) is 3.68. The standard InChI is InChI=1S/C22H25N3O3/c1-28-18-6-4-5-16(13-18)24-22(27)20-14-19(20)21(26)23-15-7-9-17(10-8-15)25-11-2-3-12-25/h4-10,13,19-20H,2-3,11-12,14H2,1H3,(H,23,26)(H,24,27). The molecule has 2 N–H and O–H groups in total. The molecule has 28 heavy (non-hydrogen) atoms. The predicted octanol–water partition coefficient (Wildman–Crippen LogP) is 3.51. The van der Waals surface area contributed by atoms with Crippen molar-refractivity contribution in [3.8, 4) is 5.75 Å². The molecule has 6 nitrogen and oxygen atoms in total. The summed E-state index contributed by atoms with van der Waals surface area (Å²) in [5.74, 6) is -0.100. The molecule has 4 rings (SSSR count). The highest BCUT2D eigenvalue weighted by atomic mass is 16.5. The van der Waals surface area contributed by atoms with E-state index in [4.69, 9.17) is 4.74 Å². The van der Waals surface area contributed by atoms with Crippen LogP contribution in [0.25, 0.3) is 0 Å². The second-order valence-electron chi connectivity index (χ2n) is 7.40. The van der Waals surface area contributed by atoms with Crippen molar-refractivity contribution < 1.29 is 14.3 Å². The summed E-state index contributed by atoms with van der Waals surface area (Å²) < 4.78 is 5.16. The van der Waals surface area contributed by atoms with E-state index in [9.17, 15) is 9.59 Å². The van der Waals surface area contributed by atoms with Gasteiger partial charge < -0.3 is 20.3 Å². The molecule has 2 unspecified atom stereocenters. The van der Waals surface area contributed by atoms with Crippen LogP contribution in [0.5, 0.6) is 5.75 Å².